The summed E-state index contributed by atoms with van der Waals surface area (Å²) in [5.74, 6) is 1.69. The predicted octanol–water partition coefficient (Wildman–Crippen LogP) is 3.36. The molecule has 3 heterocycles. The summed E-state index contributed by atoms with van der Waals surface area (Å²) in [6.45, 7) is 2.60. The summed E-state index contributed by atoms with van der Waals surface area (Å²) in [6, 6.07) is 8.25. The Morgan fingerprint density at radius 2 is 2.33 bits per heavy atom. The number of halogens is 2. The quantitative estimate of drug-likeness (QED) is 0.403. The van der Waals surface area contributed by atoms with Gasteiger partial charge < -0.3 is 15.5 Å². The molecule has 1 atom stereocenters. The molecule has 8 heteroatoms. The van der Waals surface area contributed by atoms with E-state index in [0.29, 0.717) is 11.1 Å². The Balaban J connectivity index is 0.00000208. The number of guanidine groups is 1. The van der Waals surface area contributed by atoms with Crippen molar-refractivity contribution in [3.05, 3.63) is 45.7 Å². The molecule has 0 bridgehead atoms. The second-order valence-electron chi connectivity index (χ2n) is 5.39. The first-order valence-corrected chi connectivity index (χ1v) is 8.87. The Hall–Kier alpha value is -1.06. The van der Waals surface area contributed by atoms with Gasteiger partial charge in [0.05, 0.1) is 11.6 Å². The number of hydrogen-bond donors (Lipinski definition) is 2. The van der Waals surface area contributed by atoms with Crippen molar-refractivity contribution in [3.63, 3.8) is 0 Å². The van der Waals surface area contributed by atoms with Gasteiger partial charge in [-0.25, -0.2) is 4.98 Å². The van der Waals surface area contributed by atoms with Crippen LogP contribution in [0.1, 0.15) is 11.3 Å². The molecule has 1 aliphatic heterocycles. The van der Waals surface area contributed by atoms with Gasteiger partial charge in [0.15, 0.2) is 5.96 Å². The molecule has 130 valence electrons. The van der Waals surface area contributed by atoms with E-state index in [2.05, 4.69) is 43.0 Å². The summed E-state index contributed by atoms with van der Waals surface area (Å²) < 4.78 is 0. The van der Waals surface area contributed by atoms with Gasteiger partial charge in [-0.1, -0.05) is 17.7 Å². The molecular formula is C16H21ClIN5S. The number of rotatable bonds is 4. The van der Waals surface area contributed by atoms with Crippen LogP contribution in [0.25, 0.3) is 0 Å². The SMILES string of the molecule is CN=C(NCc1cccs1)NC1CCN(c2ncccc2Cl)C1.I. The molecule has 0 aromatic carbocycles. The molecule has 0 spiro atoms. The van der Waals surface area contributed by atoms with E-state index in [1.807, 2.05) is 12.1 Å². The van der Waals surface area contributed by atoms with Crippen molar-refractivity contribution in [2.24, 2.45) is 4.99 Å². The topological polar surface area (TPSA) is 52.6 Å². The van der Waals surface area contributed by atoms with Gasteiger partial charge in [-0.2, -0.15) is 0 Å². The lowest BCUT2D eigenvalue weighted by molar-refractivity contribution is 0.649. The van der Waals surface area contributed by atoms with Crippen molar-refractivity contribution in [1.29, 1.82) is 0 Å². The Bertz CT molecular complexity index is 664. The zero-order valence-electron chi connectivity index (χ0n) is 13.4. The van der Waals surface area contributed by atoms with Gasteiger partial charge in [0.2, 0.25) is 0 Å². The Labute approximate surface area is 168 Å². The van der Waals surface area contributed by atoms with Crippen LogP contribution in [0.5, 0.6) is 0 Å². The van der Waals surface area contributed by atoms with E-state index < -0.39 is 0 Å². The van der Waals surface area contributed by atoms with Gasteiger partial charge in [-0.15, -0.1) is 35.3 Å². The van der Waals surface area contributed by atoms with Crippen molar-refractivity contribution in [1.82, 2.24) is 15.6 Å². The summed E-state index contributed by atoms with van der Waals surface area (Å²) in [4.78, 5) is 12.2. The van der Waals surface area contributed by atoms with Crippen LogP contribution in [0.15, 0.2) is 40.8 Å². The van der Waals surface area contributed by atoms with Crippen molar-refractivity contribution in [2.45, 2.75) is 19.0 Å². The first-order valence-electron chi connectivity index (χ1n) is 7.61. The summed E-state index contributed by atoms with van der Waals surface area (Å²) in [5, 5.41) is 9.62. The minimum absolute atomic E-state index is 0. The average molecular weight is 478 g/mol. The minimum atomic E-state index is 0. The summed E-state index contributed by atoms with van der Waals surface area (Å²) >= 11 is 7.97. The highest BCUT2D eigenvalue weighted by atomic mass is 127. The number of anilines is 1. The van der Waals surface area contributed by atoms with E-state index in [1.54, 1.807) is 24.6 Å². The van der Waals surface area contributed by atoms with E-state index in [4.69, 9.17) is 11.6 Å². The highest BCUT2D eigenvalue weighted by molar-refractivity contribution is 14.0. The van der Waals surface area contributed by atoms with Gasteiger partial charge >= 0.3 is 0 Å². The first kappa shape index (κ1) is 19.3. The van der Waals surface area contributed by atoms with Crippen molar-refractivity contribution >= 4 is 58.7 Å². The average Bonchev–Trinajstić information content (AvgIpc) is 3.23. The standard InChI is InChI=1S/C16H20ClN5S.HI/c1-18-16(20-10-13-4-3-9-23-13)21-12-6-8-22(11-12)15-14(17)5-2-7-19-15;/h2-5,7,9,12H,6,8,10-11H2,1H3,(H2,18,20,21);1H. The molecule has 1 fully saturated rings. The molecule has 1 unspecified atom stereocenters. The normalized spacial score (nSPS) is 17.5. The van der Waals surface area contributed by atoms with Crippen molar-refractivity contribution in [2.75, 3.05) is 25.0 Å². The zero-order chi connectivity index (χ0) is 16.1. The smallest absolute Gasteiger partial charge is 0.191 e. The molecule has 3 rings (SSSR count). The zero-order valence-corrected chi connectivity index (χ0v) is 17.3. The van der Waals surface area contributed by atoms with E-state index >= 15 is 0 Å². The summed E-state index contributed by atoms with van der Waals surface area (Å²) in [7, 11) is 1.80. The predicted molar refractivity (Wildman–Crippen MR) is 113 cm³/mol. The van der Waals surface area contributed by atoms with Gasteiger partial charge in [-0.3, -0.25) is 4.99 Å². The first-order chi connectivity index (χ1) is 11.3. The van der Waals surface area contributed by atoms with Crippen LogP contribution in [-0.2, 0) is 6.54 Å². The monoisotopic (exact) mass is 477 g/mol. The van der Waals surface area contributed by atoms with Crippen LogP contribution in [-0.4, -0.2) is 37.1 Å². The molecule has 1 saturated heterocycles. The molecule has 2 aromatic rings. The molecule has 5 nitrogen and oxygen atoms in total. The number of pyridine rings is 1. The number of nitrogens with zero attached hydrogens (tertiary/aromatic N) is 3. The maximum Gasteiger partial charge on any atom is 0.191 e. The Morgan fingerprint density at radius 1 is 1.46 bits per heavy atom. The maximum atomic E-state index is 6.23. The summed E-state index contributed by atoms with van der Waals surface area (Å²) in [5.41, 5.74) is 0. The third kappa shape index (κ3) is 4.97. The van der Waals surface area contributed by atoms with E-state index in [9.17, 15) is 0 Å². The van der Waals surface area contributed by atoms with Gasteiger partial charge in [-0.05, 0) is 30.0 Å². The molecule has 0 saturated carbocycles. The highest BCUT2D eigenvalue weighted by Crippen LogP contribution is 2.25. The fraction of sp³-hybridized carbons (Fsp3) is 0.375. The van der Waals surface area contributed by atoms with Crippen LogP contribution in [0.2, 0.25) is 5.02 Å². The van der Waals surface area contributed by atoms with Crippen LogP contribution in [0.4, 0.5) is 5.82 Å². The number of aromatic nitrogens is 1. The van der Waals surface area contributed by atoms with Crippen molar-refractivity contribution in [3.8, 4) is 0 Å². The molecule has 2 aromatic heterocycles. The maximum absolute atomic E-state index is 6.23. The molecule has 1 aliphatic rings. The second-order valence-corrected chi connectivity index (χ2v) is 6.83. The van der Waals surface area contributed by atoms with E-state index in [-0.39, 0.29) is 24.0 Å². The molecule has 24 heavy (non-hydrogen) atoms. The number of aliphatic imine (C=N–C) groups is 1. The fourth-order valence-corrected chi connectivity index (χ4v) is 3.54. The number of hydrogen-bond acceptors (Lipinski definition) is 4. The van der Waals surface area contributed by atoms with Crippen LogP contribution < -0.4 is 15.5 Å². The van der Waals surface area contributed by atoms with Crippen LogP contribution in [0, 0.1) is 0 Å². The number of thiophene rings is 1. The molecular weight excluding hydrogens is 457 g/mol. The van der Waals surface area contributed by atoms with Gasteiger partial charge in [0, 0.05) is 37.3 Å². The molecule has 0 radical (unpaired) electrons. The minimum Gasteiger partial charge on any atom is -0.353 e. The Kier molecular flexibility index (Phi) is 7.57. The molecule has 0 amide bonds. The second kappa shape index (κ2) is 9.43. The largest absolute Gasteiger partial charge is 0.353 e. The lowest BCUT2D eigenvalue weighted by atomic mass is 10.3. The van der Waals surface area contributed by atoms with Gasteiger partial charge in [0.25, 0.3) is 0 Å². The van der Waals surface area contributed by atoms with E-state index in [0.717, 1.165) is 37.8 Å². The molecule has 2 N–H and O–H groups in total. The fourth-order valence-electron chi connectivity index (χ4n) is 2.65. The van der Waals surface area contributed by atoms with Gasteiger partial charge in [0.1, 0.15) is 5.82 Å². The highest BCUT2D eigenvalue weighted by Gasteiger charge is 2.25. The van der Waals surface area contributed by atoms with Crippen LogP contribution in [0.3, 0.4) is 0 Å². The number of nitrogens with one attached hydrogen (secondary N) is 2. The van der Waals surface area contributed by atoms with Crippen LogP contribution >= 0.6 is 46.9 Å². The Morgan fingerprint density at radius 3 is 3.04 bits per heavy atom. The lowest BCUT2D eigenvalue weighted by Gasteiger charge is -2.20. The summed E-state index contributed by atoms with van der Waals surface area (Å²) in [6.07, 6.45) is 2.82. The lowest BCUT2D eigenvalue weighted by Crippen LogP contribution is -2.44. The van der Waals surface area contributed by atoms with E-state index in [1.165, 1.54) is 4.88 Å². The molecule has 0 aliphatic carbocycles. The third-order valence-electron chi connectivity index (χ3n) is 3.80. The third-order valence-corrected chi connectivity index (χ3v) is 4.97. The van der Waals surface area contributed by atoms with Crippen molar-refractivity contribution < 1.29 is 0 Å².